The third-order valence-electron chi connectivity index (χ3n) is 0.167. The predicted molar refractivity (Wildman–Crippen MR) is 84.0 cm³/mol. The fourth-order valence-electron chi connectivity index (χ4n) is 0.0680. The average molecular weight is 500 g/mol. The van der Waals surface area contributed by atoms with E-state index in [1.165, 1.54) is 0 Å². The van der Waals surface area contributed by atoms with Crippen LogP contribution in [0.2, 0.25) is 0 Å². The minimum absolute atomic E-state index is 0. The van der Waals surface area contributed by atoms with Crippen molar-refractivity contribution in [2.24, 2.45) is 0 Å². The Kier molecular flexibility index (Phi) is 1430. The van der Waals surface area contributed by atoms with Gasteiger partial charge >= 0.3 is 18.3 Å². The molecular formula is H26AlCaKNaO18Si2-2. The zero-order valence-electron chi connectivity index (χ0n) is 12.8. The Morgan fingerprint density at radius 2 is 0.625 bits per heavy atom. The molecule has 0 atom stereocenters. The van der Waals surface area contributed by atoms with Crippen molar-refractivity contribution in [1.29, 1.82) is 0 Å². The van der Waals surface area contributed by atoms with Crippen molar-refractivity contribution in [1.82, 2.24) is 0 Å². The summed E-state index contributed by atoms with van der Waals surface area (Å²) in [5.41, 5.74) is 0. The smallest absolute Gasteiger partial charge is 0.410 e. The molecule has 0 unspecified atom stereocenters. The third-order valence-corrected chi connectivity index (χ3v) is 1.50. The maximum absolute atomic E-state index is 9.29. The van der Waals surface area contributed by atoms with Crippen LogP contribution in [-0.4, -0.2) is 226 Å². The Morgan fingerprint density at radius 3 is 0.625 bits per heavy atom. The van der Waals surface area contributed by atoms with Crippen molar-refractivity contribution in [3.8, 4) is 0 Å². The van der Waals surface area contributed by atoms with Gasteiger partial charge in [-0.05, 0) is 0 Å². The molecule has 7 radical (unpaired) electrons. The van der Waals surface area contributed by atoms with Gasteiger partial charge in [0.25, 0.3) is 0 Å². The van der Waals surface area contributed by atoms with Crippen LogP contribution in [-0.2, 0) is 13.0 Å². The second-order valence-corrected chi connectivity index (χ2v) is 2.42. The first kappa shape index (κ1) is 217. The monoisotopic (exact) mass is 499 g/mol. The average Bonchev–Trinajstić information content (AvgIpc) is 1.27. The van der Waals surface area contributed by atoms with Gasteiger partial charge in [-0.2, -0.15) is 0 Å². The van der Waals surface area contributed by atoms with Crippen LogP contribution < -0.4 is 9.59 Å². The number of hydrogen-bond donors (Lipinski definition) is 0. The molecule has 24 heavy (non-hydrogen) atoms. The zero-order chi connectivity index (χ0) is 5.86. The van der Waals surface area contributed by atoms with Gasteiger partial charge in [0.15, 0.2) is 0 Å². The molecule has 0 aliphatic heterocycles. The Morgan fingerprint density at radius 1 is 0.542 bits per heavy atom. The Balaban J connectivity index is -0.00000000132. The first-order valence-electron chi connectivity index (χ1n) is 1.22. The summed E-state index contributed by atoms with van der Waals surface area (Å²) < 4.78 is 21.8. The van der Waals surface area contributed by atoms with E-state index >= 15 is 0 Å². The summed E-state index contributed by atoms with van der Waals surface area (Å²) in [7, 11) is -7.03. The van der Waals surface area contributed by atoms with E-state index in [-0.39, 0.29) is 207 Å². The minimum Gasteiger partial charge on any atom is -0.570 e. The van der Waals surface area contributed by atoms with E-state index in [9.17, 15) is 18.5 Å². The first-order valence-corrected chi connectivity index (χ1v) is 3.67. The molecule has 151 valence electrons. The summed E-state index contributed by atoms with van der Waals surface area (Å²) in [5.74, 6) is 0. The van der Waals surface area contributed by atoms with E-state index < -0.39 is 18.3 Å². The molecule has 0 amide bonds. The summed E-state index contributed by atoms with van der Waals surface area (Å²) in [5, 5.41) is 0. The van der Waals surface area contributed by atoms with Gasteiger partial charge in [-0.3, -0.25) is 0 Å². The van der Waals surface area contributed by atoms with Crippen molar-refractivity contribution >= 4 is 154 Å². The van der Waals surface area contributed by atoms with Gasteiger partial charge in [-0.25, -0.2) is 0 Å². The van der Waals surface area contributed by atoms with Crippen LogP contribution in [0.5, 0.6) is 0 Å². The van der Waals surface area contributed by atoms with Gasteiger partial charge in [0.05, 0.1) is 0 Å². The molecule has 0 saturated carbocycles. The van der Waals surface area contributed by atoms with E-state index in [0.29, 0.717) is 0 Å². The molecule has 0 aromatic rings. The molecule has 0 aliphatic rings. The standard InChI is InChI=1S/Al.Ca.K.Na.O5Si2.13H2O/c;;;;1-6(2)5-7(3)4;;;;;;;;;;;;;/h;;;;;13*1H2/q;;;;-2;;;;;;;;;;;;;. The van der Waals surface area contributed by atoms with Crippen molar-refractivity contribution in [3.05, 3.63) is 0 Å². The van der Waals surface area contributed by atoms with Gasteiger partial charge < -0.3 is 93.8 Å². The normalized spacial score (nSPS) is 2.17. The van der Waals surface area contributed by atoms with E-state index in [1.54, 1.807) is 0 Å². The molecule has 0 bridgehead atoms. The molecular weight excluding hydrogens is 473 g/mol. The number of hydrogen-bond acceptors (Lipinski definition) is 5. The van der Waals surface area contributed by atoms with Gasteiger partial charge in [0.1, 0.15) is 0 Å². The van der Waals surface area contributed by atoms with Gasteiger partial charge in [-0.1, -0.05) is 0 Å². The fraction of sp³-hybridized carbons (Fsp3) is 0. The Hall–Kier alpha value is 3.34. The summed E-state index contributed by atoms with van der Waals surface area (Å²) in [6.07, 6.45) is 0. The molecule has 24 heteroatoms. The SMILES string of the molecule is O.O.O.O.O.O.O.O.O.O.O.O.O.O=[Si]([O-])O[Si](=O)[O-].[Al].[Ca].[K].[Na]. The van der Waals surface area contributed by atoms with E-state index in [4.69, 9.17) is 0 Å². The van der Waals surface area contributed by atoms with Crippen LogP contribution in [0.4, 0.5) is 0 Å². The second kappa shape index (κ2) is 158. The zero-order valence-corrected chi connectivity index (χ0v) is 23.3. The molecule has 26 N–H and O–H groups in total. The first-order chi connectivity index (χ1) is 3.13. The molecule has 0 rings (SSSR count). The maximum atomic E-state index is 9.29. The van der Waals surface area contributed by atoms with E-state index in [0.717, 1.165) is 0 Å². The van der Waals surface area contributed by atoms with Crippen LogP contribution >= 0.6 is 0 Å². The molecule has 0 aliphatic carbocycles. The molecule has 0 aromatic carbocycles. The Labute approximate surface area is 244 Å². The van der Waals surface area contributed by atoms with Crippen LogP contribution in [0, 0.1) is 0 Å². The van der Waals surface area contributed by atoms with Gasteiger partial charge in [0, 0.05) is 136 Å². The second-order valence-electron chi connectivity index (χ2n) is 0.602. The van der Waals surface area contributed by atoms with Crippen LogP contribution in [0.1, 0.15) is 0 Å². The van der Waals surface area contributed by atoms with Crippen molar-refractivity contribution in [2.45, 2.75) is 0 Å². The van der Waals surface area contributed by atoms with E-state index in [2.05, 4.69) is 4.12 Å². The molecule has 18 nitrogen and oxygen atoms in total. The largest absolute Gasteiger partial charge is 0.570 e. The van der Waals surface area contributed by atoms with Crippen LogP contribution in [0.15, 0.2) is 0 Å². The predicted octanol–water partition coefficient (Wildman–Crippen LogP) is -15.7. The molecule has 0 aromatic heterocycles. The van der Waals surface area contributed by atoms with Gasteiger partial charge in [0.2, 0.25) is 0 Å². The van der Waals surface area contributed by atoms with E-state index in [1.807, 2.05) is 0 Å². The topological polar surface area (TPSA) is 499 Å². The molecule has 0 fully saturated rings. The fourth-order valence-corrected chi connectivity index (χ4v) is 0.612. The summed E-state index contributed by atoms with van der Waals surface area (Å²) in [6, 6.07) is 0. The molecule has 0 heterocycles. The van der Waals surface area contributed by atoms with Crippen LogP contribution in [0.3, 0.4) is 0 Å². The molecule has 0 spiro atoms. The van der Waals surface area contributed by atoms with Crippen molar-refractivity contribution < 1.29 is 93.8 Å². The quantitative estimate of drug-likeness (QED) is 0.333. The van der Waals surface area contributed by atoms with Crippen molar-refractivity contribution in [2.75, 3.05) is 0 Å². The number of rotatable bonds is 2. The summed E-state index contributed by atoms with van der Waals surface area (Å²) in [6.45, 7) is 0. The van der Waals surface area contributed by atoms with Gasteiger partial charge in [-0.15, -0.1) is 0 Å². The Bertz CT molecular complexity index is 109. The summed E-state index contributed by atoms with van der Waals surface area (Å²) in [4.78, 5) is 18.6. The molecule has 0 saturated heterocycles. The summed E-state index contributed by atoms with van der Waals surface area (Å²) >= 11 is 0. The third kappa shape index (κ3) is 279. The minimum atomic E-state index is -3.51. The van der Waals surface area contributed by atoms with Crippen molar-refractivity contribution in [3.63, 3.8) is 0 Å². The van der Waals surface area contributed by atoms with Crippen LogP contribution in [0.25, 0.3) is 0 Å². The maximum Gasteiger partial charge on any atom is 0.410 e.